The van der Waals surface area contributed by atoms with E-state index in [0.717, 1.165) is 4.90 Å². The highest BCUT2D eigenvalue weighted by molar-refractivity contribution is 5.77. The number of amides is 2. The van der Waals surface area contributed by atoms with E-state index in [4.69, 9.17) is 9.84 Å². The van der Waals surface area contributed by atoms with Crippen LogP contribution in [0.1, 0.15) is 6.42 Å². The van der Waals surface area contributed by atoms with Gasteiger partial charge in [-0.2, -0.15) is 0 Å². The number of carbonyl (C=O) groups is 2. The third-order valence-electron chi connectivity index (χ3n) is 3.33. The summed E-state index contributed by atoms with van der Waals surface area (Å²) in [6.07, 6.45) is -5.84. The van der Waals surface area contributed by atoms with Gasteiger partial charge in [-0.1, -0.05) is 0 Å². The molecule has 108 valence electrons. The van der Waals surface area contributed by atoms with Crippen molar-refractivity contribution in [3.8, 4) is 0 Å². The zero-order valence-electron chi connectivity index (χ0n) is 9.90. The van der Waals surface area contributed by atoms with Crippen LogP contribution in [0.25, 0.3) is 0 Å². The number of rotatable bonds is 3. The molecular weight excluding hydrogens is 263 g/mol. The molecule has 0 aliphatic carbocycles. The standard InChI is InChI=1S/C10H15FN2O6/c11-10(4-15)7(17)5(3-14)19-8(10)13-2-1-6(16)12-9(13)18/h4-8,14,16-17H,1-3H2,(H,12,18)/t5-,6?,7-,8-,10+/m1/s1. The Kier molecular flexibility index (Phi) is 3.72. The maximum atomic E-state index is 14.5. The fourth-order valence-electron chi connectivity index (χ4n) is 2.24. The van der Waals surface area contributed by atoms with Gasteiger partial charge in [-0.25, -0.2) is 9.18 Å². The average Bonchev–Trinajstić information content (AvgIpc) is 2.63. The molecule has 2 amide bonds. The first-order chi connectivity index (χ1) is 8.93. The van der Waals surface area contributed by atoms with Crippen LogP contribution >= 0.6 is 0 Å². The molecule has 2 saturated heterocycles. The zero-order chi connectivity index (χ0) is 14.2. The number of urea groups is 1. The molecule has 4 N–H and O–H groups in total. The second-order valence-corrected chi connectivity index (χ2v) is 4.55. The predicted molar refractivity (Wildman–Crippen MR) is 57.5 cm³/mol. The normalized spacial score (nSPS) is 43.2. The van der Waals surface area contributed by atoms with Crippen molar-refractivity contribution >= 4 is 12.3 Å². The Labute approximate surface area is 107 Å². The van der Waals surface area contributed by atoms with E-state index in [9.17, 15) is 24.2 Å². The maximum Gasteiger partial charge on any atom is 0.321 e. The Balaban J connectivity index is 2.23. The number of alkyl halides is 1. The number of nitrogens with one attached hydrogen (secondary N) is 1. The molecule has 0 saturated carbocycles. The Morgan fingerprint density at radius 2 is 2.26 bits per heavy atom. The van der Waals surface area contributed by atoms with Crippen LogP contribution < -0.4 is 5.32 Å². The largest absolute Gasteiger partial charge is 0.394 e. The number of hydrogen-bond acceptors (Lipinski definition) is 6. The number of carbonyl (C=O) groups excluding carboxylic acids is 2. The molecule has 0 aromatic heterocycles. The lowest BCUT2D eigenvalue weighted by Gasteiger charge is -2.37. The van der Waals surface area contributed by atoms with Crippen molar-refractivity contribution in [1.82, 2.24) is 10.2 Å². The molecular formula is C10H15FN2O6. The second kappa shape index (κ2) is 5.00. The molecule has 19 heavy (non-hydrogen) atoms. The van der Waals surface area contributed by atoms with Gasteiger partial charge in [0.15, 0.2) is 12.5 Å². The fourth-order valence-corrected chi connectivity index (χ4v) is 2.24. The first kappa shape index (κ1) is 14.1. The number of nitrogens with zero attached hydrogens (tertiary/aromatic N) is 1. The Hall–Kier alpha value is -1.29. The molecule has 2 rings (SSSR count). The SMILES string of the molecule is O=C[C@]1(F)[C@H](O)[C@@H](CO)O[C@H]1N1CCC(O)NC1=O. The van der Waals surface area contributed by atoms with E-state index >= 15 is 0 Å². The summed E-state index contributed by atoms with van der Waals surface area (Å²) in [6, 6.07) is -0.807. The summed E-state index contributed by atoms with van der Waals surface area (Å²) in [6.45, 7) is -0.725. The minimum atomic E-state index is -2.81. The summed E-state index contributed by atoms with van der Waals surface area (Å²) < 4.78 is 19.5. The second-order valence-electron chi connectivity index (χ2n) is 4.55. The number of aldehydes is 1. The number of hydrogen-bond donors (Lipinski definition) is 4. The summed E-state index contributed by atoms with van der Waals surface area (Å²) in [7, 11) is 0. The van der Waals surface area contributed by atoms with Gasteiger partial charge in [0.2, 0.25) is 5.67 Å². The van der Waals surface area contributed by atoms with Gasteiger partial charge in [-0.15, -0.1) is 0 Å². The quantitative estimate of drug-likeness (QED) is 0.431. The van der Waals surface area contributed by atoms with Crippen LogP contribution in [0.4, 0.5) is 9.18 Å². The monoisotopic (exact) mass is 278 g/mol. The van der Waals surface area contributed by atoms with Crippen molar-refractivity contribution in [2.45, 2.75) is 36.8 Å². The molecule has 0 aromatic carbocycles. The Morgan fingerprint density at radius 1 is 1.58 bits per heavy atom. The molecule has 9 heteroatoms. The molecule has 2 aliphatic rings. The number of halogens is 1. The van der Waals surface area contributed by atoms with Gasteiger partial charge in [-0.3, -0.25) is 9.69 Å². The first-order valence-corrected chi connectivity index (χ1v) is 5.79. The highest BCUT2D eigenvalue weighted by atomic mass is 19.1. The van der Waals surface area contributed by atoms with Crippen LogP contribution in [0, 0.1) is 0 Å². The van der Waals surface area contributed by atoms with Crippen LogP contribution in [0.5, 0.6) is 0 Å². The van der Waals surface area contributed by atoms with Crippen molar-refractivity contribution in [2.24, 2.45) is 0 Å². The molecule has 1 unspecified atom stereocenters. The summed E-state index contributed by atoms with van der Waals surface area (Å²) in [5, 5.41) is 30.0. The smallest absolute Gasteiger partial charge is 0.321 e. The number of aliphatic hydroxyl groups is 3. The van der Waals surface area contributed by atoms with E-state index in [2.05, 4.69) is 5.32 Å². The lowest BCUT2D eigenvalue weighted by molar-refractivity contribution is -0.136. The van der Waals surface area contributed by atoms with Gasteiger partial charge in [0.05, 0.1) is 6.61 Å². The summed E-state index contributed by atoms with van der Waals surface area (Å²) >= 11 is 0. The van der Waals surface area contributed by atoms with Crippen molar-refractivity contribution in [3.05, 3.63) is 0 Å². The van der Waals surface area contributed by atoms with Gasteiger partial charge in [0.1, 0.15) is 18.4 Å². The highest BCUT2D eigenvalue weighted by Crippen LogP contribution is 2.35. The van der Waals surface area contributed by atoms with Gasteiger partial charge in [-0.05, 0) is 0 Å². The molecule has 5 atom stereocenters. The average molecular weight is 278 g/mol. The molecule has 0 aromatic rings. The maximum absolute atomic E-state index is 14.5. The molecule has 2 fully saturated rings. The molecule has 2 heterocycles. The summed E-state index contributed by atoms with van der Waals surface area (Å²) in [4.78, 5) is 23.4. The lowest BCUT2D eigenvalue weighted by atomic mass is 9.97. The van der Waals surface area contributed by atoms with E-state index in [1.165, 1.54) is 0 Å². The molecule has 0 spiro atoms. The first-order valence-electron chi connectivity index (χ1n) is 5.79. The van der Waals surface area contributed by atoms with Gasteiger partial charge in [0, 0.05) is 13.0 Å². The highest BCUT2D eigenvalue weighted by Gasteiger charge is 2.60. The Morgan fingerprint density at radius 3 is 2.79 bits per heavy atom. The van der Waals surface area contributed by atoms with Crippen LogP contribution in [0.2, 0.25) is 0 Å². The third kappa shape index (κ3) is 2.18. The predicted octanol–water partition coefficient (Wildman–Crippen LogP) is -2.29. The molecule has 0 radical (unpaired) electrons. The number of ether oxygens (including phenoxy) is 1. The van der Waals surface area contributed by atoms with Gasteiger partial charge >= 0.3 is 6.03 Å². The van der Waals surface area contributed by atoms with Crippen molar-refractivity contribution in [2.75, 3.05) is 13.2 Å². The minimum Gasteiger partial charge on any atom is -0.394 e. The number of aliphatic hydroxyl groups excluding tert-OH is 3. The van der Waals surface area contributed by atoms with Gasteiger partial charge in [0.25, 0.3) is 0 Å². The van der Waals surface area contributed by atoms with E-state index in [1.807, 2.05) is 0 Å². The zero-order valence-corrected chi connectivity index (χ0v) is 9.90. The van der Waals surface area contributed by atoms with Gasteiger partial charge < -0.3 is 25.4 Å². The lowest BCUT2D eigenvalue weighted by Crippen LogP contribution is -2.61. The van der Waals surface area contributed by atoms with E-state index in [1.54, 1.807) is 0 Å². The molecule has 0 bridgehead atoms. The van der Waals surface area contributed by atoms with Crippen LogP contribution in [-0.4, -0.2) is 76.0 Å². The molecule has 2 aliphatic heterocycles. The van der Waals surface area contributed by atoms with E-state index in [0.29, 0.717) is 0 Å². The molecule has 8 nitrogen and oxygen atoms in total. The van der Waals surface area contributed by atoms with Crippen molar-refractivity contribution < 1.29 is 34.0 Å². The minimum absolute atomic E-state index is 0.0396. The summed E-state index contributed by atoms with van der Waals surface area (Å²) in [5.74, 6) is 0. The van der Waals surface area contributed by atoms with Crippen LogP contribution in [-0.2, 0) is 9.53 Å². The van der Waals surface area contributed by atoms with Crippen LogP contribution in [0.15, 0.2) is 0 Å². The summed E-state index contributed by atoms with van der Waals surface area (Å²) in [5.41, 5.74) is -2.81. The van der Waals surface area contributed by atoms with Crippen LogP contribution in [0.3, 0.4) is 0 Å². The van der Waals surface area contributed by atoms with E-state index < -0.39 is 43.0 Å². The Bertz CT molecular complexity index is 383. The third-order valence-corrected chi connectivity index (χ3v) is 3.33. The van der Waals surface area contributed by atoms with Crippen molar-refractivity contribution in [3.63, 3.8) is 0 Å². The fraction of sp³-hybridized carbons (Fsp3) is 0.800. The van der Waals surface area contributed by atoms with Crippen molar-refractivity contribution in [1.29, 1.82) is 0 Å². The van der Waals surface area contributed by atoms with E-state index in [-0.39, 0.29) is 19.3 Å². The topological polar surface area (TPSA) is 119 Å².